The van der Waals surface area contributed by atoms with Crippen LogP contribution in [0.1, 0.15) is 0 Å². The van der Waals surface area contributed by atoms with Crippen LogP contribution >= 0.6 is 0 Å². The van der Waals surface area contributed by atoms with E-state index in [-0.39, 0.29) is 51.0 Å². The molecule has 1 radical (unpaired) electrons. The van der Waals surface area contributed by atoms with Crippen molar-refractivity contribution < 1.29 is 51.0 Å². The van der Waals surface area contributed by atoms with Gasteiger partial charge in [-0.1, -0.05) is 30.3 Å². The van der Waals surface area contributed by atoms with Crippen molar-refractivity contribution in [2.24, 2.45) is 0 Å². The molecule has 0 amide bonds. The molecule has 0 spiro atoms. The molecular weight excluding hydrogens is 380 g/mol. The molecule has 1 aromatic heterocycles. The Morgan fingerprint density at radius 1 is 0.714 bits per heavy atom. The first kappa shape index (κ1) is 18.1. The normalized spacial score (nSPS) is 9.71. The molecule has 0 atom stereocenters. The van der Waals surface area contributed by atoms with E-state index in [1.165, 1.54) is 27.2 Å². The number of nitrogens with zero attached hydrogens (tertiary/aromatic N) is 1. The molecule has 4 heteroatoms. The summed E-state index contributed by atoms with van der Waals surface area (Å²) in [5.74, 6) is 0. The summed E-state index contributed by atoms with van der Waals surface area (Å²) in [6.45, 7) is 0. The zero-order valence-corrected chi connectivity index (χ0v) is 15.1. The van der Waals surface area contributed by atoms with E-state index in [0.29, 0.717) is 0 Å². The first-order valence-electron chi connectivity index (χ1n) is 6.13. The Labute approximate surface area is 155 Å². The van der Waals surface area contributed by atoms with Crippen molar-refractivity contribution in [3.63, 3.8) is 0 Å². The molecule has 0 aliphatic rings. The molecule has 0 unspecified atom stereocenters. The minimum Gasteiger partial charge on any atom is -1.00 e. The Morgan fingerprint density at radius 3 is 1.81 bits per heavy atom. The fourth-order valence-electron chi connectivity index (χ4n) is 2.52. The third kappa shape index (κ3) is 3.29. The van der Waals surface area contributed by atoms with Gasteiger partial charge in [0.05, 0.1) is 0 Å². The van der Waals surface area contributed by atoms with Gasteiger partial charge in [-0.15, -0.1) is 41.1 Å². The number of fused-ring (bicyclic) bond motifs is 2. The molecule has 21 heavy (non-hydrogen) atoms. The fraction of sp³-hybridized carbons (Fsp3) is 0. The number of benzene rings is 2. The van der Waals surface area contributed by atoms with Crippen molar-refractivity contribution >= 4 is 21.5 Å². The molecule has 4 rings (SSSR count). The summed E-state index contributed by atoms with van der Waals surface area (Å²) < 4.78 is 2.20. The monoisotopic (exact) mass is 390 g/mol. The summed E-state index contributed by atoms with van der Waals surface area (Å²) in [6, 6.07) is 21.4. The molecule has 0 N–H and O–H groups in total. The second-order valence-electron chi connectivity index (χ2n) is 4.64. The van der Waals surface area contributed by atoms with E-state index in [1.807, 2.05) is 0 Å². The van der Waals surface area contributed by atoms with E-state index < -0.39 is 0 Å². The predicted octanol–water partition coefficient (Wildman–Crippen LogP) is -1.49. The Morgan fingerprint density at radius 2 is 1.24 bits per heavy atom. The van der Waals surface area contributed by atoms with Gasteiger partial charge < -0.3 is 29.4 Å². The van der Waals surface area contributed by atoms with Crippen LogP contribution < -0.4 is 24.8 Å². The van der Waals surface area contributed by atoms with Gasteiger partial charge in [0.1, 0.15) is 0 Å². The van der Waals surface area contributed by atoms with Gasteiger partial charge in [0.2, 0.25) is 0 Å². The fourth-order valence-corrected chi connectivity index (χ4v) is 2.52. The largest absolute Gasteiger partial charge is 3.00 e. The van der Waals surface area contributed by atoms with Crippen LogP contribution in [0.2, 0.25) is 0 Å². The van der Waals surface area contributed by atoms with Gasteiger partial charge in [-0.05, 0) is 16.5 Å². The van der Waals surface area contributed by atoms with Crippen LogP contribution in [0.5, 0.6) is 0 Å². The molecule has 0 aliphatic carbocycles. The molecule has 0 bridgehead atoms. The number of aromatic nitrogens is 1. The van der Waals surface area contributed by atoms with Crippen LogP contribution in [-0.2, 0) is 26.2 Å². The number of hydrogen-bond acceptors (Lipinski definition) is 0. The maximum absolute atomic E-state index is 2.23. The van der Waals surface area contributed by atoms with Crippen LogP contribution in [0.3, 0.4) is 0 Å². The number of halogens is 2. The van der Waals surface area contributed by atoms with Crippen LogP contribution in [0.25, 0.3) is 27.2 Å². The topological polar surface area (TPSA) is 4.93 Å². The first-order chi connectivity index (χ1) is 8.90. The van der Waals surface area contributed by atoms with Gasteiger partial charge in [0.15, 0.2) is 0 Å². The van der Waals surface area contributed by atoms with Crippen molar-refractivity contribution in [3.05, 3.63) is 73.1 Å². The standard InChI is InChI=1S/C17H12N.2ClH.Zr/c1-2-6-14-10-17(9-13(14)5-1)18-11-15-7-3-4-8-16(15)12-18;;;/h1-12H;2*1H;/q-1;;;+3/p-2. The summed E-state index contributed by atoms with van der Waals surface area (Å²) in [5, 5.41) is 5.15. The zero-order chi connectivity index (χ0) is 11.9. The maximum Gasteiger partial charge on any atom is 3.00 e. The van der Waals surface area contributed by atoms with Gasteiger partial charge in [-0.25, -0.2) is 0 Å². The summed E-state index contributed by atoms with van der Waals surface area (Å²) >= 11 is 0. The van der Waals surface area contributed by atoms with E-state index in [4.69, 9.17) is 0 Å². The van der Waals surface area contributed by atoms with Crippen LogP contribution in [0, 0.1) is 0 Å². The summed E-state index contributed by atoms with van der Waals surface area (Å²) in [5.41, 5.74) is 1.23. The molecule has 0 saturated carbocycles. The van der Waals surface area contributed by atoms with Gasteiger partial charge in [-0.3, -0.25) is 0 Å². The summed E-state index contributed by atoms with van der Waals surface area (Å²) in [7, 11) is 0. The van der Waals surface area contributed by atoms with Crippen LogP contribution in [-0.4, -0.2) is 4.57 Å². The summed E-state index contributed by atoms with van der Waals surface area (Å²) in [4.78, 5) is 0. The van der Waals surface area contributed by atoms with Crippen molar-refractivity contribution in [2.45, 2.75) is 0 Å². The third-order valence-corrected chi connectivity index (χ3v) is 3.45. The second kappa shape index (κ2) is 7.36. The maximum atomic E-state index is 2.23. The molecular formula is C17H12Cl2NZr. The van der Waals surface area contributed by atoms with Gasteiger partial charge >= 0.3 is 26.2 Å². The molecule has 4 aromatic rings. The van der Waals surface area contributed by atoms with E-state index in [0.717, 1.165) is 0 Å². The van der Waals surface area contributed by atoms with Crippen molar-refractivity contribution in [1.29, 1.82) is 0 Å². The van der Waals surface area contributed by atoms with Gasteiger partial charge in [-0.2, -0.15) is 0 Å². The molecule has 1 heterocycles. The average molecular weight is 392 g/mol. The number of hydrogen-bond donors (Lipinski definition) is 0. The number of rotatable bonds is 1. The Bertz CT molecular complexity index is 710. The van der Waals surface area contributed by atoms with Crippen molar-refractivity contribution in [1.82, 2.24) is 4.57 Å². The van der Waals surface area contributed by atoms with Crippen molar-refractivity contribution in [3.8, 4) is 5.69 Å². The second-order valence-corrected chi connectivity index (χ2v) is 4.64. The predicted molar refractivity (Wildman–Crippen MR) is 76.4 cm³/mol. The minimum absolute atomic E-state index is 0. The SMILES string of the molecule is [Cl-].[Cl-].[Zr+3].c1ccc2cn(-c3cc4ccccc4[cH-]3)cc2c1. The molecule has 0 aliphatic heterocycles. The average Bonchev–Trinajstić information content (AvgIpc) is 3.02. The van der Waals surface area contributed by atoms with Gasteiger partial charge in [0, 0.05) is 12.4 Å². The quantitative estimate of drug-likeness (QED) is 0.348. The molecule has 3 aromatic carbocycles. The Balaban J connectivity index is 0.000000735. The molecule has 0 fully saturated rings. The van der Waals surface area contributed by atoms with Crippen LogP contribution in [0.4, 0.5) is 0 Å². The van der Waals surface area contributed by atoms with E-state index >= 15 is 0 Å². The first-order valence-corrected chi connectivity index (χ1v) is 6.13. The summed E-state index contributed by atoms with van der Waals surface area (Å²) in [6.07, 6.45) is 4.37. The molecule has 1 nitrogen and oxygen atoms in total. The van der Waals surface area contributed by atoms with E-state index in [9.17, 15) is 0 Å². The van der Waals surface area contributed by atoms with E-state index in [2.05, 4.69) is 77.6 Å². The third-order valence-electron chi connectivity index (χ3n) is 3.45. The van der Waals surface area contributed by atoms with Crippen LogP contribution in [0.15, 0.2) is 73.1 Å². The smallest absolute Gasteiger partial charge is 1.00 e. The minimum atomic E-state index is 0. The van der Waals surface area contributed by atoms with E-state index in [1.54, 1.807) is 0 Å². The molecule has 103 valence electrons. The van der Waals surface area contributed by atoms with Gasteiger partial charge in [0.25, 0.3) is 0 Å². The Hall–Kier alpha value is -0.947. The zero-order valence-electron chi connectivity index (χ0n) is 11.1. The Kier molecular flexibility index (Phi) is 6.34. The van der Waals surface area contributed by atoms with Crippen molar-refractivity contribution in [2.75, 3.05) is 0 Å². The molecule has 0 saturated heterocycles.